The summed E-state index contributed by atoms with van der Waals surface area (Å²) in [5.74, 6) is -0.238. The van der Waals surface area contributed by atoms with Crippen molar-refractivity contribution in [2.75, 3.05) is 5.32 Å². The molecule has 0 spiro atoms. The normalized spacial score (nSPS) is 11.2. The lowest BCUT2D eigenvalue weighted by Gasteiger charge is -2.12. The van der Waals surface area contributed by atoms with Gasteiger partial charge in [0.05, 0.1) is 10.0 Å². The van der Waals surface area contributed by atoms with Crippen molar-refractivity contribution in [2.45, 2.75) is 13.5 Å². The van der Waals surface area contributed by atoms with Crippen LogP contribution in [0.1, 0.15) is 16.7 Å². The van der Waals surface area contributed by atoms with Gasteiger partial charge in [-0.2, -0.15) is 5.26 Å². The molecule has 0 saturated carbocycles. The van der Waals surface area contributed by atoms with E-state index in [1.807, 2.05) is 55.5 Å². The van der Waals surface area contributed by atoms with E-state index in [-0.39, 0.29) is 22.2 Å². The first-order valence-electron chi connectivity index (χ1n) is 10.6. The molecule has 0 aliphatic rings. The second-order valence-corrected chi connectivity index (χ2v) is 9.12. The molecule has 0 aliphatic heterocycles. The minimum Gasteiger partial charge on any atom is -0.486 e. The topological polar surface area (TPSA) is 62.1 Å². The molecular formula is C28H19Cl3N2O2. The van der Waals surface area contributed by atoms with Crippen LogP contribution in [0.15, 0.2) is 78.4 Å². The lowest BCUT2D eigenvalue weighted by atomic mass is 10.1. The van der Waals surface area contributed by atoms with Crippen molar-refractivity contribution in [3.63, 3.8) is 0 Å². The van der Waals surface area contributed by atoms with E-state index in [4.69, 9.17) is 39.5 Å². The van der Waals surface area contributed by atoms with Gasteiger partial charge in [0.2, 0.25) is 0 Å². The van der Waals surface area contributed by atoms with Crippen molar-refractivity contribution in [1.82, 2.24) is 0 Å². The molecule has 4 rings (SSSR count). The second-order valence-electron chi connectivity index (χ2n) is 7.87. The maximum atomic E-state index is 12.7. The van der Waals surface area contributed by atoms with E-state index in [1.54, 1.807) is 30.3 Å². The summed E-state index contributed by atoms with van der Waals surface area (Å²) >= 11 is 18.9. The SMILES string of the molecule is Cc1ccc(Cl)cc1NC(=O)/C(C#N)=C/c1cc(Cl)c(OCc2ccc3ccccc3c2)c(Cl)c1. The Morgan fingerprint density at radius 1 is 0.971 bits per heavy atom. The van der Waals surface area contributed by atoms with E-state index in [0.29, 0.717) is 22.0 Å². The molecule has 7 heteroatoms. The van der Waals surface area contributed by atoms with Gasteiger partial charge in [-0.15, -0.1) is 0 Å². The van der Waals surface area contributed by atoms with E-state index in [0.717, 1.165) is 21.9 Å². The van der Waals surface area contributed by atoms with Crippen molar-refractivity contribution in [2.24, 2.45) is 0 Å². The predicted molar refractivity (Wildman–Crippen MR) is 143 cm³/mol. The van der Waals surface area contributed by atoms with Crippen LogP contribution < -0.4 is 10.1 Å². The van der Waals surface area contributed by atoms with Crippen LogP contribution in [0.2, 0.25) is 15.1 Å². The van der Waals surface area contributed by atoms with Crippen LogP contribution in [0.5, 0.6) is 5.75 Å². The molecule has 4 nitrogen and oxygen atoms in total. The zero-order valence-corrected chi connectivity index (χ0v) is 20.9. The molecule has 0 heterocycles. The first kappa shape index (κ1) is 24.6. The molecule has 174 valence electrons. The number of carbonyl (C=O) groups is 1. The van der Waals surface area contributed by atoms with Gasteiger partial charge in [0.1, 0.15) is 18.2 Å². The Balaban J connectivity index is 1.51. The minimum absolute atomic E-state index is 0.110. The van der Waals surface area contributed by atoms with Gasteiger partial charge in [0.15, 0.2) is 5.75 Å². The van der Waals surface area contributed by atoms with E-state index < -0.39 is 5.91 Å². The molecule has 1 amide bonds. The number of benzene rings is 4. The largest absolute Gasteiger partial charge is 0.486 e. The van der Waals surface area contributed by atoms with Crippen LogP contribution in [-0.4, -0.2) is 5.91 Å². The minimum atomic E-state index is -0.568. The Kier molecular flexibility index (Phi) is 7.63. The average molecular weight is 522 g/mol. The molecule has 0 aliphatic carbocycles. The third kappa shape index (κ3) is 5.96. The van der Waals surface area contributed by atoms with Gasteiger partial charge in [-0.1, -0.05) is 77.3 Å². The number of rotatable bonds is 6. The van der Waals surface area contributed by atoms with Crippen molar-refractivity contribution >= 4 is 63.2 Å². The fraction of sp³-hybridized carbons (Fsp3) is 0.0714. The molecule has 1 N–H and O–H groups in total. The Morgan fingerprint density at radius 3 is 2.40 bits per heavy atom. The van der Waals surface area contributed by atoms with Gasteiger partial charge in [-0.3, -0.25) is 4.79 Å². The van der Waals surface area contributed by atoms with Gasteiger partial charge in [-0.05, 0) is 70.8 Å². The van der Waals surface area contributed by atoms with Crippen LogP contribution in [0.4, 0.5) is 5.69 Å². The predicted octanol–water partition coefficient (Wildman–Crippen LogP) is 8.23. The molecule has 0 aromatic heterocycles. The fourth-order valence-corrected chi connectivity index (χ4v) is 4.30. The zero-order chi connectivity index (χ0) is 24.9. The third-order valence-electron chi connectivity index (χ3n) is 5.34. The standard InChI is InChI=1S/C28H19Cl3N2O2/c1-17-6-9-23(29)14-26(17)33-28(34)22(15-32)11-19-12-24(30)27(25(31)13-19)35-16-18-7-8-20-4-2-3-5-21(20)10-18/h2-14H,16H2,1H3,(H,33,34)/b22-11+. The number of carbonyl (C=O) groups excluding carboxylic acids is 1. The molecule has 0 bridgehead atoms. The molecular weight excluding hydrogens is 503 g/mol. The Labute approximate surface area is 218 Å². The smallest absolute Gasteiger partial charge is 0.266 e. The van der Waals surface area contributed by atoms with E-state index >= 15 is 0 Å². The summed E-state index contributed by atoms with van der Waals surface area (Å²) < 4.78 is 5.90. The Hall–Kier alpha value is -3.49. The number of amides is 1. The van der Waals surface area contributed by atoms with Gasteiger partial charge in [0, 0.05) is 10.7 Å². The summed E-state index contributed by atoms with van der Waals surface area (Å²) in [6, 6.07) is 24.4. The van der Waals surface area contributed by atoms with Gasteiger partial charge in [-0.25, -0.2) is 0 Å². The summed E-state index contributed by atoms with van der Waals surface area (Å²) in [4.78, 5) is 12.7. The number of halogens is 3. The number of ether oxygens (including phenoxy) is 1. The van der Waals surface area contributed by atoms with Crippen LogP contribution in [0, 0.1) is 18.3 Å². The molecule has 35 heavy (non-hydrogen) atoms. The first-order valence-corrected chi connectivity index (χ1v) is 11.8. The fourth-order valence-electron chi connectivity index (χ4n) is 3.52. The van der Waals surface area contributed by atoms with Crippen molar-refractivity contribution in [1.29, 1.82) is 5.26 Å². The van der Waals surface area contributed by atoms with Crippen LogP contribution in [0.25, 0.3) is 16.8 Å². The van der Waals surface area contributed by atoms with Crippen molar-refractivity contribution in [3.05, 3.63) is 110 Å². The number of hydrogen-bond donors (Lipinski definition) is 1. The first-order chi connectivity index (χ1) is 16.8. The summed E-state index contributed by atoms with van der Waals surface area (Å²) in [6.45, 7) is 2.11. The van der Waals surface area contributed by atoms with E-state index in [1.165, 1.54) is 6.08 Å². The monoisotopic (exact) mass is 520 g/mol. The highest BCUT2D eigenvalue weighted by Gasteiger charge is 2.14. The lowest BCUT2D eigenvalue weighted by molar-refractivity contribution is -0.112. The van der Waals surface area contributed by atoms with Crippen molar-refractivity contribution < 1.29 is 9.53 Å². The number of fused-ring (bicyclic) bond motifs is 1. The molecule has 0 saturated heterocycles. The molecule has 0 unspecified atom stereocenters. The average Bonchev–Trinajstić information content (AvgIpc) is 2.84. The Morgan fingerprint density at radius 2 is 1.69 bits per heavy atom. The maximum absolute atomic E-state index is 12.7. The highest BCUT2D eigenvalue weighted by molar-refractivity contribution is 6.37. The van der Waals surface area contributed by atoms with Crippen LogP contribution in [-0.2, 0) is 11.4 Å². The summed E-state index contributed by atoms with van der Waals surface area (Å²) in [5, 5.41) is 15.5. The van der Waals surface area contributed by atoms with Crippen molar-refractivity contribution in [3.8, 4) is 11.8 Å². The van der Waals surface area contributed by atoms with Gasteiger partial charge >= 0.3 is 0 Å². The number of anilines is 1. The van der Waals surface area contributed by atoms with Gasteiger partial charge in [0.25, 0.3) is 5.91 Å². The summed E-state index contributed by atoms with van der Waals surface area (Å²) in [7, 11) is 0. The highest BCUT2D eigenvalue weighted by atomic mass is 35.5. The molecule has 0 atom stereocenters. The number of nitrogens with zero attached hydrogens (tertiary/aromatic N) is 1. The van der Waals surface area contributed by atoms with Gasteiger partial charge < -0.3 is 10.1 Å². The third-order valence-corrected chi connectivity index (χ3v) is 6.14. The summed E-state index contributed by atoms with van der Waals surface area (Å²) in [6.07, 6.45) is 1.42. The lowest BCUT2D eigenvalue weighted by Crippen LogP contribution is -2.14. The number of nitrogens with one attached hydrogen (secondary N) is 1. The maximum Gasteiger partial charge on any atom is 0.266 e. The number of hydrogen-bond acceptors (Lipinski definition) is 3. The zero-order valence-electron chi connectivity index (χ0n) is 18.6. The van der Waals surface area contributed by atoms with E-state index in [2.05, 4.69) is 5.32 Å². The second kappa shape index (κ2) is 10.8. The quantitative estimate of drug-likeness (QED) is 0.205. The Bertz CT molecular complexity index is 1480. The highest BCUT2D eigenvalue weighted by Crippen LogP contribution is 2.35. The number of nitriles is 1. The molecule has 4 aromatic rings. The molecule has 4 aromatic carbocycles. The molecule has 0 radical (unpaired) electrons. The van der Waals surface area contributed by atoms with Crippen LogP contribution >= 0.6 is 34.8 Å². The van der Waals surface area contributed by atoms with Crippen LogP contribution in [0.3, 0.4) is 0 Å². The summed E-state index contributed by atoms with van der Waals surface area (Å²) in [5.41, 5.74) is 2.70. The van der Waals surface area contributed by atoms with E-state index in [9.17, 15) is 10.1 Å². The molecule has 0 fully saturated rings. The number of aryl methyl sites for hydroxylation is 1.